The van der Waals surface area contributed by atoms with E-state index in [0.29, 0.717) is 17.9 Å². The molecule has 0 fully saturated rings. The van der Waals surface area contributed by atoms with Crippen molar-refractivity contribution >= 4 is 17.3 Å². The minimum absolute atomic E-state index is 0.185. The Labute approximate surface area is 127 Å². The minimum Gasteiger partial charge on any atom is -0.370 e. The number of carbonyl (C=O) groups excluding carboxylic acids is 1. The number of anilines is 2. The van der Waals surface area contributed by atoms with Crippen LogP contribution in [0.2, 0.25) is 0 Å². The molecule has 5 heteroatoms. The summed E-state index contributed by atoms with van der Waals surface area (Å²) < 4.78 is 27.1. The Hall–Kier alpha value is -2.43. The number of hydrogen-bond donors (Lipinski definition) is 1. The molecule has 0 spiro atoms. The molecule has 2 aromatic carbocycles. The van der Waals surface area contributed by atoms with Gasteiger partial charge in [-0.1, -0.05) is 30.3 Å². The summed E-state index contributed by atoms with van der Waals surface area (Å²) >= 11 is 0. The number of hydrogen-bond acceptors (Lipinski definition) is 2. The lowest BCUT2D eigenvalue weighted by atomic mass is 9.97. The first-order valence-electron chi connectivity index (χ1n) is 7.01. The summed E-state index contributed by atoms with van der Waals surface area (Å²) in [5.41, 5.74) is 0.808. The van der Waals surface area contributed by atoms with Gasteiger partial charge in [-0.05, 0) is 19.4 Å². The van der Waals surface area contributed by atoms with Gasteiger partial charge < -0.3 is 10.2 Å². The summed E-state index contributed by atoms with van der Waals surface area (Å²) in [5.74, 6) is -2.09. The zero-order chi connectivity index (χ0) is 15.9. The molecule has 1 aliphatic rings. The molecular formula is C17H16F2N2O. The van der Waals surface area contributed by atoms with Crippen LogP contribution in [0.1, 0.15) is 19.4 Å². The van der Waals surface area contributed by atoms with Gasteiger partial charge >= 0.3 is 0 Å². The van der Waals surface area contributed by atoms with E-state index in [2.05, 4.69) is 5.32 Å². The first-order chi connectivity index (χ1) is 10.4. The van der Waals surface area contributed by atoms with E-state index in [4.69, 9.17) is 0 Å². The van der Waals surface area contributed by atoms with Crippen molar-refractivity contribution in [3.63, 3.8) is 0 Å². The number of halogens is 2. The van der Waals surface area contributed by atoms with Gasteiger partial charge in [-0.25, -0.2) is 8.78 Å². The van der Waals surface area contributed by atoms with Gasteiger partial charge in [0.05, 0.1) is 17.9 Å². The zero-order valence-electron chi connectivity index (χ0n) is 12.4. The largest absolute Gasteiger partial charge is 0.370 e. The number of benzene rings is 2. The summed E-state index contributed by atoms with van der Waals surface area (Å²) in [6.45, 7) is 3.75. The smallest absolute Gasteiger partial charge is 0.252 e. The molecule has 0 aromatic heterocycles. The van der Waals surface area contributed by atoms with Crippen molar-refractivity contribution in [1.29, 1.82) is 0 Å². The fraction of sp³-hybridized carbons (Fsp3) is 0.235. The van der Waals surface area contributed by atoms with Crippen molar-refractivity contribution in [2.45, 2.75) is 25.9 Å². The Morgan fingerprint density at radius 1 is 1.09 bits per heavy atom. The van der Waals surface area contributed by atoms with E-state index in [1.807, 2.05) is 30.3 Å². The molecule has 0 radical (unpaired) electrons. The van der Waals surface area contributed by atoms with E-state index < -0.39 is 17.2 Å². The number of nitrogens with zero attached hydrogens (tertiary/aromatic N) is 1. The van der Waals surface area contributed by atoms with E-state index in [1.54, 1.807) is 13.8 Å². The highest BCUT2D eigenvalue weighted by atomic mass is 19.2. The van der Waals surface area contributed by atoms with Gasteiger partial charge in [0.1, 0.15) is 5.54 Å². The second-order valence-corrected chi connectivity index (χ2v) is 5.91. The van der Waals surface area contributed by atoms with Crippen LogP contribution in [-0.4, -0.2) is 11.4 Å². The Kier molecular flexibility index (Phi) is 3.35. The first kappa shape index (κ1) is 14.5. The average molecular weight is 302 g/mol. The molecule has 22 heavy (non-hydrogen) atoms. The Bertz CT molecular complexity index is 729. The van der Waals surface area contributed by atoms with Crippen LogP contribution < -0.4 is 10.2 Å². The predicted octanol–water partition coefficient (Wildman–Crippen LogP) is 3.70. The lowest BCUT2D eigenvalue weighted by molar-refractivity contribution is -0.122. The summed E-state index contributed by atoms with van der Waals surface area (Å²) in [5, 5.41) is 2.97. The van der Waals surface area contributed by atoms with Crippen molar-refractivity contribution in [3.8, 4) is 0 Å². The quantitative estimate of drug-likeness (QED) is 0.917. The van der Waals surface area contributed by atoms with Gasteiger partial charge in [-0.15, -0.1) is 0 Å². The highest BCUT2D eigenvalue weighted by molar-refractivity contribution is 6.07. The molecule has 2 aromatic rings. The summed E-state index contributed by atoms with van der Waals surface area (Å²) in [6, 6.07) is 11.6. The zero-order valence-corrected chi connectivity index (χ0v) is 12.4. The maximum atomic E-state index is 13.6. The van der Waals surface area contributed by atoms with Crippen LogP contribution in [0.25, 0.3) is 0 Å². The van der Waals surface area contributed by atoms with Gasteiger partial charge in [0.15, 0.2) is 11.6 Å². The van der Waals surface area contributed by atoms with Gasteiger partial charge in [-0.3, -0.25) is 4.79 Å². The highest BCUT2D eigenvalue weighted by Crippen LogP contribution is 2.37. The van der Waals surface area contributed by atoms with Crippen molar-refractivity contribution < 1.29 is 13.6 Å². The van der Waals surface area contributed by atoms with E-state index in [9.17, 15) is 13.6 Å². The molecule has 1 heterocycles. The number of amides is 1. The van der Waals surface area contributed by atoms with Crippen LogP contribution in [-0.2, 0) is 11.3 Å². The first-order valence-corrected chi connectivity index (χ1v) is 7.01. The monoisotopic (exact) mass is 302 g/mol. The van der Waals surface area contributed by atoms with Gasteiger partial charge in [0, 0.05) is 12.1 Å². The lowest BCUT2D eigenvalue weighted by Crippen LogP contribution is -2.53. The third kappa shape index (κ3) is 2.43. The molecule has 0 saturated carbocycles. The van der Waals surface area contributed by atoms with Crippen LogP contribution in [0.5, 0.6) is 0 Å². The minimum atomic E-state index is -0.967. The Morgan fingerprint density at radius 3 is 2.41 bits per heavy atom. The van der Waals surface area contributed by atoms with Crippen molar-refractivity contribution in [3.05, 3.63) is 59.7 Å². The number of nitrogens with one attached hydrogen (secondary N) is 1. The standard InChI is InChI=1S/C17H16F2N2O/c1-17(2)16(22)21(10-11-6-4-3-5-7-11)15-9-13(19)12(18)8-14(15)20-17/h3-9,20H,10H2,1-2H3. The molecule has 1 amide bonds. The van der Waals surface area contributed by atoms with Crippen LogP contribution >= 0.6 is 0 Å². The summed E-state index contributed by atoms with van der Waals surface area (Å²) in [7, 11) is 0. The maximum absolute atomic E-state index is 13.6. The van der Waals surface area contributed by atoms with Crippen LogP contribution in [0.3, 0.4) is 0 Å². The molecule has 0 saturated heterocycles. The third-order valence-electron chi connectivity index (χ3n) is 3.74. The Balaban J connectivity index is 2.08. The summed E-state index contributed by atoms with van der Waals surface area (Å²) in [4.78, 5) is 14.1. The molecule has 3 nitrogen and oxygen atoms in total. The van der Waals surface area contributed by atoms with E-state index >= 15 is 0 Å². The van der Waals surface area contributed by atoms with Gasteiger partial charge in [0.25, 0.3) is 5.91 Å². The second-order valence-electron chi connectivity index (χ2n) is 5.91. The fourth-order valence-electron chi connectivity index (χ4n) is 2.62. The predicted molar refractivity (Wildman–Crippen MR) is 81.7 cm³/mol. The number of carbonyl (C=O) groups is 1. The normalized spacial score (nSPS) is 16.2. The van der Waals surface area contributed by atoms with Gasteiger partial charge in [0.2, 0.25) is 0 Å². The van der Waals surface area contributed by atoms with E-state index in [0.717, 1.165) is 17.7 Å². The van der Waals surface area contributed by atoms with E-state index in [1.165, 1.54) is 4.90 Å². The molecule has 0 bridgehead atoms. The van der Waals surface area contributed by atoms with Crippen LogP contribution in [0.15, 0.2) is 42.5 Å². The van der Waals surface area contributed by atoms with Gasteiger partial charge in [-0.2, -0.15) is 0 Å². The third-order valence-corrected chi connectivity index (χ3v) is 3.74. The number of fused-ring (bicyclic) bond motifs is 1. The molecule has 0 aliphatic carbocycles. The molecule has 114 valence electrons. The molecule has 3 rings (SSSR count). The van der Waals surface area contributed by atoms with Crippen molar-refractivity contribution in [1.82, 2.24) is 0 Å². The van der Waals surface area contributed by atoms with E-state index in [-0.39, 0.29) is 5.91 Å². The molecule has 1 aliphatic heterocycles. The SMILES string of the molecule is CC1(C)Nc2cc(F)c(F)cc2N(Cc2ccccc2)C1=O. The molecule has 0 atom stereocenters. The topological polar surface area (TPSA) is 32.3 Å². The lowest BCUT2D eigenvalue weighted by Gasteiger charge is -2.40. The summed E-state index contributed by atoms with van der Waals surface area (Å²) in [6.07, 6.45) is 0. The average Bonchev–Trinajstić information content (AvgIpc) is 2.47. The second kappa shape index (κ2) is 5.09. The van der Waals surface area contributed by atoms with Crippen LogP contribution in [0.4, 0.5) is 20.2 Å². The molecule has 0 unspecified atom stereocenters. The maximum Gasteiger partial charge on any atom is 0.252 e. The highest BCUT2D eigenvalue weighted by Gasteiger charge is 2.39. The Morgan fingerprint density at radius 2 is 1.73 bits per heavy atom. The molecule has 1 N–H and O–H groups in total. The molecular weight excluding hydrogens is 286 g/mol. The fourth-order valence-corrected chi connectivity index (χ4v) is 2.62. The van der Waals surface area contributed by atoms with Crippen molar-refractivity contribution in [2.75, 3.05) is 10.2 Å². The van der Waals surface area contributed by atoms with Crippen molar-refractivity contribution in [2.24, 2.45) is 0 Å². The number of rotatable bonds is 2. The van der Waals surface area contributed by atoms with Crippen LogP contribution in [0, 0.1) is 11.6 Å².